The summed E-state index contributed by atoms with van der Waals surface area (Å²) in [6.07, 6.45) is 0. The SMILES string of the molecule is NC(=O)c1cccc2[nH]c(-c3ccccc3)cc12. The van der Waals surface area contributed by atoms with Crippen LogP contribution in [0.1, 0.15) is 10.4 Å². The second kappa shape index (κ2) is 4.04. The standard InChI is InChI=1S/C15H12N2O/c16-15(18)11-7-4-8-13-12(11)9-14(17-13)10-5-2-1-3-6-10/h1-9,17H,(H2,16,18). The average Bonchev–Trinajstić information content (AvgIpc) is 2.83. The van der Waals surface area contributed by atoms with Crippen molar-refractivity contribution in [3.63, 3.8) is 0 Å². The minimum atomic E-state index is -0.404. The monoisotopic (exact) mass is 236 g/mol. The smallest absolute Gasteiger partial charge is 0.249 e. The molecule has 0 spiro atoms. The van der Waals surface area contributed by atoms with E-state index < -0.39 is 5.91 Å². The van der Waals surface area contributed by atoms with Crippen molar-refractivity contribution in [3.8, 4) is 11.3 Å². The molecule has 0 aliphatic carbocycles. The number of nitrogens with two attached hydrogens (primary N) is 1. The van der Waals surface area contributed by atoms with Gasteiger partial charge in [0.25, 0.3) is 0 Å². The minimum Gasteiger partial charge on any atom is -0.366 e. The van der Waals surface area contributed by atoms with E-state index in [0.717, 1.165) is 22.2 Å². The third-order valence-electron chi connectivity index (χ3n) is 3.01. The summed E-state index contributed by atoms with van der Waals surface area (Å²) in [6.45, 7) is 0. The van der Waals surface area contributed by atoms with Gasteiger partial charge in [-0.3, -0.25) is 4.79 Å². The summed E-state index contributed by atoms with van der Waals surface area (Å²) in [6, 6.07) is 17.5. The number of benzene rings is 2. The van der Waals surface area contributed by atoms with Crippen molar-refractivity contribution in [3.05, 3.63) is 60.2 Å². The van der Waals surface area contributed by atoms with Crippen LogP contribution in [0.4, 0.5) is 0 Å². The molecule has 3 aromatic rings. The van der Waals surface area contributed by atoms with Crippen molar-refractivity contribution < 1.29 is 4.79 Å². The largest absolute Gasteiger partial charge is 0.366 e. The Hall–Kier alpha value is -2.55. The van der Waals surface area contributed by atoms with Gasteiger partial charge in [0.2, 0.25) is 5.91 Å². The van der Waals surface area contributed by atoms with Gasteiger partial charge in [0.1, 0.15) is 0 Å². The number of hydrogen-bond acceptors (Lipinski definition) is 1. The molecule has 1 heterocycles. The highest BCUT2D eigenvalue weighted by molar-refractivity contribution is 6.06. The Morgan fingerprint density at radius 3 is 2.50 bits per heavy atom. The Morgan fingerprint density at radius 1 is 1.00 bits per heavy atom. The maximum atomic E-state index is 11.4. The zero-order valence-corrected chi connectivity index (χ0v) is 9.68. The van der Waals surface area contributed by atoms with E-state index in [0.29, 0.717) is 5.56 Å². The number of carbonyl (C=O) groups is 1. The number of rotatable bonds is 2. The average molecular weight is 236 g/mol. The van der Waals surface area contributed by atoms with Crippen LogP contribution in [0.2, 0.25) is 0 Å². The quantitative estimate of drug-likeness (QED) is 0.706. The van der Waals surface area contributed by atoms with Crippen LogP contribution < -0.4 is 5.73 Å². The molecule has 0 radical (unpaired) electrons. The van der Waals surface area contributed by atoms with E-state index in [4.69, 9.17) is 5.73 Å². The lowest BCUT2D eigenvalue weighted by atomic mass is 10.1. The van der Waals surface area contributed by atoms with Crippen LogP contribution in [0, 0.1) is 0 Å². The number of carbonyl (C=O) groups excluding carboxylic acids is 1. The van der Waals surface area contributed by atoms with Crippen LogP contribution in [0.5, 0.6) is 0 Å². The Balaban J connectivity index is 2.23. The predicted octanol–water partition coefficient (Wildman–Crippen LogP) is 2.93. The van der Waals surface area contributed by atoms with Gasteiger partial charge in [-0.15, -0.1) is 0 Å². The van der Waals surface area contributed by atoms with E-state index in [1.165, 1.54) is 0 Å². The minimum absolute atomic E-state index is 0.404. The highest BCUT2D eigenvalue weighted by Crippen LogP contribution is 2.26. The van der Waals surface area contributed by atoms with Crippen molar-refractivity contribution >= 4 is 16.8 Å². The molecule has 0 atom stereocenters. The Bertz CT molecular complexity index is 714. The Morgan fingerprint density at radius 2 is 1.78 bits per heavy atom. The number of H-pyrrole nitrogens is 1. The van der Waals surface area contributed by atoms with Crippen molar-refractivity contribution in [1.82, 2.24) is 4.98 Å². The number of fused-ring (bicyclic) bond motifs is 1. The van der Waals surface area contributed by atoms with Crippen LogP contribution in [-0.4, -0.2) is 10.9 Å². The van der Waals surface area contributed by atoms with Gasteiger partial charge in [0.15, 0.2) is 0 Å². The van der Waals surface area contributed by atoms with Gasteiger partial charge < -0.3 is 10.7 Å². The summed E-state index contributed by atoms with van der Waals surface area (Å²) in [7, 11) is 0. The van der Waals surface area contributed by atoms with Gasteiger partial charge >= 0.3 is 0 Å². The summed E-state index contributed by atoms with van der Waals surface area (Å²) in [4.78, 5) is 14.7. The van der Waals surface area contributed by atoms with Gasteiger partial charge in [-0.1, -0.05) is 36.4 Å². The first kappa shape index (κ1) is 10.6. The summed E-state index contributed by atoms with van der Waals surface area (Å²) < 4.78 is 0. The number of amides is 1. The Labute approximate surface area is 104 Å². The lowest BCUT2D eigenvalue weighted by molar-refractivity contribution is 0.100. The molecule has 3 nitrogen and oxygen atoms in total. The molecule has 2 aromatic carbocycles. The summed E-state index contributed by atoms with van der Waals surface area (Å²) in [5.74, 6) is -0.404. The fraction of sp³-hybridized carbons (Fsp3) is 0. The molecular weight excluding hydrogens is 224 g/mol. The van der Waals surface area contributed by atoms with E-state index in [1.54, 1.807) is 6.07 Å². The van der Waals surface area contributed by atoms with E-state index in [1.807, 2.05) is 48.5 Å². The van der Waals surface area contributed by atoms with E-state index in [2.05, 4.69) is 4.98 Å². The topological polar surface area (TPSA) is 58.9 Å². The molecule has 3 N–H and O–H groups in total. The van der Waals surface area contributed by atoms with Crippen molar-refractivity contribution in [2.75, 3.05) is 0 Å². The van der Waals surface area contributed by atoms with E-state index in [-0.39, 0.29) is 0 Å². The summed E-state index contributed by atoms with van der Waals surface area (Å²) in [5, 5.41) is 0.865. The van der Waals surface area contributed by atoms with Crippen LogP contribution in [0.15, 0.2) is 54.6 Å². The lowest BCUT2D eigenvalue weighted by Gasteiger charge is -1.95. The first-order valence-electron chi connectivity index (χ1n) is 5.72. The highest BCUT2D eigenvalue weighted by atomic mass is 16.1. The second-order valence-electron chi connectivity index (χ2n) is 4.18. The first-order valence-corrected chi connectivity index (χ1v) is 5.72. The third-order valence-corrected chi connectivity index (χ3v) is 3.01. The van der Waals surface area contributed by atoms with Gasteiger partial charge in [-0.05, 0) is 23.8 Å². The Kier molecular flexibility index (Phi) is 2.38. The highest BCUT2D eigenvalue weighted by Gasteiger charge is 2.09. The van der Waals surface area contributed by atoms with Crippen LogP contribution in [0.3, 0.4) is 0 Å². The molecule has 0 aliphatic heterocycles. The maximum Gasteiger partial charge on any atom is 0.249 e. The summed E-state index contributed by atoms with van der Waals surface area (Å²) >= 11 is 0. The molecule has 88 valence electrons. The van der Waals surface area contributed by atoms with Crippen molar-refractivity contribution in [1.29, 1.82) is 0 Å². The van der Waals surface area contributed by atoms with Crippen LogP contribution in [0.25, 0.3) is 22.2 Å². The zero-order chi connectivity index (χ0) is 12.5. The molecule has 1 amide bonds. The molecule has 0 saturated heterocycles. The number of primary amides is 1. The number of hydrogen-bond donors (Lipinski definition) is 2. The molecular formula is C15H12N2O. The first-order chi connectivity index (χ1) is 8.75. The zero-order valence-electron chi connectivity index (χ0n) is 9.68. The number of aromatic amines is 1. The fourth-order valence-electron chi connectivity index (χ4n) is 2.14. The van der Waals surface area contributed by atoms with Crippen molar-refractivity contribution in [2.45, 2.75) is 0 Å². The molecule has 18 heavy (non-hydrogen) atoms. The van der Waals surface area contributed by atoms with Gasteiger partial charge in [0, 0.05) is 22.2 Å². The molecule has 0 aliphatic rings. The van der Waals surface area contributed by atoms with Crippen LogP contribution in [-0.2, 0) is 0 Å². The molecule has 1 aromatic heterocycles. The maximum absolute atomic E-state index is 11.4. The molecule has 3 rings (SSSR count). The molecule has 3 heteroatoms. The number of nitrogens with one attached hydrogen (secondary N) is 1. The van der Waals surface area contributed by atoms with E-state index in [9.17, 15) is 4.79 Å². The van der Waals surface area contributed by atoms with Gasteiger partial charge in [0.05, 0.1) is 0 Å². The normalized spacial score (nSPS) is 10.7. The third kappa shape index (κ3) is 1.66. The summed E-state index contributed by atoms with van der Waals surface area (Å²) in [5.41, 5.74) is 8.92. The lowest BCUT2D eigenvalue weighted by Crippen LogP contribution is -2.10. The molecule has 0 fully saturated rings. The molecule has 0 saturated carbocycles. The molecule has 0 bridgehead atoms. The second-order valence-corrected chi connectivity index (χ2v) is 4.18. The van der Waals surface area contributed by atoms with Crippen molar-refractivity contribution in [2.24, 2.45) is 5.73 Å². The fourth-order valence-corrected chi connectivity index (χ4v) is 2.14. The van der Waals surface area contributed by atoms with Gasteiger partial charge in [-0.2, -0.15) is 0 Å². The van der Waals surface area contributed by atoms with E-state index >= 15 is 0 Å². The van der Waals surface area contributed by atoms with Crippen LogP contribution >= 0.6 is 0 Å². The van der Waals surface area contributed by atoms with Gasteiger partial charge in [-0.25, -0.2) is 0 Å². The molecule has 0 unspecified atom stereocenters. The predicted molar refractivity (Wildman–Crippen MR) is 72.3 cm³/mol. The number of aromatic nitrogens is 1.